The molecular weight excluding hydrogens is 184 g/mol. The molecule has 1 aliphatic heterocycles. The number of carboxylic acids is 1. The minimum atomic E-state index is -0.812. The number of aliphatic hydroxyl groups is 1. The Labute approximate surface area is 83.9 Å². The van der Waals surface area contributed by atoms with Gasteiger partial charge in [-0.3, -0.25) is 4.79 Å². The fraction of sp³-hybridized carbons (Fsp3) is 0.900. The summed E-state index contributed by atoms with van der Waals surface area (Å²) in [7, 11) is 0. The van der Waals surface area contributed by atoms with Gasteiger partial charge in [0.25, 0.3) is 0 Å². The zero-order valence-electron chi connectivity index (χ0n) is 8.64. The first-order valence-electron chi connectivity index (χ1n) is 5.07. The number of aliphatic carboxylic acids is 1. The summed E-state index contributed by atoms with van der Waals surface area (Å²) in [5.74, 6) is -1.26. The molecule has 0 unspecified atom stereocenters. The number of hydrogen-bond donors (Lipinski definition) is 2. The van der Waals surface area contributed by atoms with Gasteiger partial charge in [0.2, 0.25) is 0 Å². The lowest BCUT2D eigenvalue weighted by molar-refractivity contribution is -0.146. The summed E-state index contributed by atoms with van der Waals surface area (Å²) in [5, 5.41) is 17.9. The first kappa shape index (κ1) is 11.5. The third-order valence-electron chi connectivity index (χ3n) is 2.69. The van der Waals surface area contributed by atoms with Crippen LogP contribution in [-0.2, 0) is 9.53 Å². The van der Waals surface area contributed by atoms with E-state index in [1.54, 1.807) is 13.8 Å². The van der Waals surface area contributed by atoms with Crippen LogP contribution in [0, 0.1) is 5.92 Å². The van der Waals surface area contributed by atoms with Crippen LogP contribution < -0.4 is 0 Å². The Morgan fingerprint density at radius 2 is 2.14 bits per heavy atom. The first-order chi connectivity index (χ1) is 6.50. The van der Waals surface area contributed by atoms with Crippen LogP contribution in [0.4, 0.5) is 0 Å². The van der Waals surface area contributed by atoms with Crippen LogP contribution in [0.5, 0.6) is 0 Å². The predicted octanol–water partition coefficient (Wildman–Crippen LogP) is 1.03. The molecule has 0 bridgehead atoms. The number of rotatable bonds is 4. The van der Waals surface area contributed by atoms with Crippen LogP contribution in [0.3, 0.4) is 0 Å². The van der Waals surface area contributed by atoms with Crippen molar-refractivity contribution in [3.8, 4) is 0 Å². The standard InChI is InChI=1S/C10H18O4/c1-6(11)5-8-3-4-9(14-8)7(2)10(12)13/h6-9,11H,3-5H2,1-2H3,(H,12,13)/t6-,7-,8-,9-/m1/s1. The van der Waals surface area contributed by atoms with Crippen LogP contribution in [0.25, 0.3) is 0 Å². The molecule has 1 rings (SSSR count). The monoisotopic (exact) mass is 202 g/mol. The number of hydrogen-bond acceptors (Lipinski definition) is 3. The molecule has 1 fully saturated rings. The molecule has 0 saturated carbocycles. The summed E-state index contributed by atoms with van der Waals surface area (Å²) >= 11 is 0. The maximum Gasteiger partial charge on any atom is 0.308 e. The van der Waals surface area contributed by atoms with E-state index in [9.17, 15) is 4.79 Å². The maximum absolute atomic E-state index is 10.7. The third kappa shape index (κ3) is 2.96. The molecule has 0 amide bonds. The Morgan fingerprint density at radius 3 is 2.64 bits per heavy atom. The second kappa shape index (κ2) is 4.75. The molecule has 4 heteroatoms. The van der Waals surface area contributed by atoms with Gasteiger partial charge in [-0.05, 0) is 33.1 Å². The van der Waals surface area contributed by atoms with Crippen molar-refractivity contribution in [1.82, 2.24) is 0 Å². The van der Waals surface area contributed by atoms with E-state index in [0.717, 1.165) is 12.8 Å². The molecule has 2 N–H and O–H groups in total. The van der Waals surface area contributed by atoms with E-state index in [2.05, 4.69) is 0 Å². The van der Waals surface area contributed by atoms with Crippen molar-refractivity contribution in [2.24, 2.45) is 5.92 Å². The average Bonchev–Trinajstić information content (AvgIpc) is 2.50. The zero-order chi connectivity index (χ0) is 10.7. The molecular formula is C10H18O4. The molecule has 0 aromatic rings. The molecule has 1 aliphatic rings. The van der Waals surface area contributed by atoms with Gasteiger partial charge in [-0.15, -0.1) is 0 Å². The fourth-order valence-electron chi connectivity index (χ4n) is 1.81. The molecule has 0 spiro atoms. The van der Waals surface area contributed by atoms with Crippen molar-refractivity contribution in [3.05, 3.63) is 0 Å². The van der Waals surface area contributed by atoms with Gasteiger partial charge in [-0.2, -0.15) is 0 Å². The summed E-state index contributed by atoms with van der Waals surface area (Å²) in [6.07, 6.45) is 1.71. The van der Waals surface area contributed by atoms with Gasteiger partial charge in [0, 0.05) is 0 Å². The second-order valence-electron chi connectivity index (χ2n) is 4.09. The Hall–Kier alpha value is -0.610. The number of aliphatic hydroxyl groups excluding tert-OH is 1. The minimum Gasteiger partial charge on any atom is -0.481 e. The lowest BCUT2D eigenvalue weighted by Gasteiger charge is -2.17. The van der Waals surface area contributed by atoms with Gasteiger partial charge in [0.15, 0.2) is 0 Å². The smallest absolute Gasteiger partial charge is 0.308 e. The summed E-state index contributed by atoms with van der Waals surface area (Å²) in [5.41, 5.74) is 0. The van der Waals surface area contributed by atoms with Crippen LogP contribution in [-0.4, -0.2) is 34.5 Å². The van der Waals surface area contributed by atoms with Crippen molar-refractivity contribution in [3.63, 3.8) is 0 Å². The highest BCUT2D eigenvalue weighted by Gasteiger charge is 2.33. The Bertz CT molecular complexity index is 202. The van der Waals surface area contributed by atoms with Crippen molar-refractivity contribution in [2.45, 2.75) is 51.4 Å². The number of carbonyl (C=O) groups is 1. The van der Waals surface area contributed by atoms with Gasteiger partial charge in [-0.25, -0.2) is 0 Å². The van der Waals surface area contributed by atoms with Gasteiger partial charge >= 0.3 is 5.97 Å². The van der Waals surface area contributed by atoms with E-state index in [0.29, 0.717) is 6.42 Å². The van der Waals surface area contributed by atoms with Crippen molar-refractivity contribution in [2.75, 3.05) is 0 Å². The van der Waals surface area contributed by atoms with Gasteiger partial charge < -0.3 is 14.9 Å². The Balaban J connectivity index is 2.37. The summed E-state index contributed by atoms with van der Waals surface area (Å²) in [6.45, 7) is 3.38. The zero-order valence-corrected chi connectivity index (χ0v) is 8.64. The van der Waals surface area contributed by atoms with Crippen LogP contribution in [0.2, 0.25) is 0 Å². The van der Waals surface area contributed by atoms with Crippen molar-refractivity contribution < 1.29 is 19.7 Å². The average molecular weight is 202 g/mol. The molecule has 0 aromatic heterocycles. The summed E-state index contributed by atoms with van der Waals surface area (Å²) in [4.78, 5) is 10.7. The van der Waals surface area contributed by atoms with Crippen molar-refractivity contribution >= 4 is 5.97 Å². The molecule has 1 heterocycles. The Morgan fingerprint density at radius 1 is 1.50 bits per heavy atom. The topological polar surface area (TPSA) is 66.8 Å². The SMILES string of the molecule is C[C@@H](O)C[C@H]1CC[C@H]([C@@H](C)C(=O)O)O1. The van der Waals surface area contributed by atoms with Crippen molar-refractivity contribution in [1.29, 1.82) is 0 Å². The van der Waals surface area contributed by atoms with Gasteiger partial charge in [-0.1, -0.05) is 0 Å². The highest BCUT2D eigenvalue weighted by Crippen LogP contribution is 2.27. The third-order valence-corrected chi connectivity index (χ3v) is 2.69. The first-order valence-corrected chi connectivity index (χ1v) is 5.07. The predicted molar refractivity (Wildman–Crippen MR) is 51.0 cm³/mol. The molecule has 4 nitrogen and oxygen atoms in total. The number of carboxylic acid groups (broad SMARTS) is 1. The van der Waals surface area contributed by atoms with Crippen LogP contribution in [0.1, 0.15) is 33.1 Å². The molecule has 0 aromatic carbocycles. The normalized spacial score (nSPS) is 31.4. The van der Waals surface area contributed by atoms with E-state index in [-0.39, 0.29) is 18.3 Å². The highest BCUT2D eigenvalue weighted by molar-refractivity contribution is 5.70. The van der Waals surface area contributed by atoms with E-state index < -0.39 is 11.9 Å². The molecule has 82 valence electrons. The fourth-order valence-corrected chi connectivity index (χ4v) is 1.81. The quantitative estimate of drug-likeness (QED) is 0.714. The Kier molecular flexibility index (Phi) is 3.89. The van der Waals surface area contributed by atoms with Gasteiger partial charge in [0.1, 0.15) is 0 Å². The lowest BCUT2D eigenvalue weighted by Crippen LogP contribution is -2.26. The second-order valence-corrected chi connectivity index (χ2v) is 4.09. The van der Waals surface area contributed by atoms with E-state index in [1.165, 1.54) is 0 Å². The lowest BCUT2D eigenvalue weighted by atomic mass is 10.0. The van der Waals surface area contributed by atoms with E-state index in [4.69, 9.17) is 14.9 Å². The van der Waals surface area contributed by atoms with E-state index in [1.807, 2.05) is 0 Å². The molecule has 4 atom stereocenters. The van der Waals surface area contributed by atoms with E-state index >= 15 is 0 Å². The summed E-state index contributed by atoms with van der Waals surface area (Å²) < 4.78 is 5.55. The van der Waals surface area contributed by atoms with Crippen LogP contribution in [0.15, 0.2) is 0 Å². The summed E-state index contributed by atoms with van der Waals surface area (Å²) in [6, 6.07) is 0. The molecule has 1 saturated heterocycles. The molecule has 14 heavy (non-hydrogen) atoms. The maximum atomic E-state index is 10.7. The number of ether oxygens (including phenoxy) is 1. The largest absolute Gasteiger partial charge is 0.481 e. The highest BCUT2D eigenvalue weighted by atomic mass is 16.5. The molecule has 0 aliphatic carbocycles. The molecule has 0 radical (unpaired) electrons. The van der Waals surface area contributed by atoms with Gasteiger partial charge in [0.05, 0.1) is 24.2 Å². The minimum absolute atomic E-state index is 0.0294. The van der Waals surface area contributed by atoms with Crippen LogP contribution >= 0.6 is 0 Å².